The number of carbonyl (C=O) groups excluding carboxylic acids is 1. The summed E-state index contributed by atoms with van der Waals surface area (Å²) in [6.07, 6.45) is -0.861. The zero-order valence-electron chi connectivity index (χ0n) is 15.2. The monoisotopic (exact) mass is 375 g/mol. The van der Waals surface area contributed by atoms with Crippen LogP contribution in [0.2, 0.25) is 0 Å². The first-order chi connectivity index (χ1) is 13.0. The van der Waals surface area contributed by atoms with E-state index in [1.807, 2.05) is 18.2 Å². The second-order valence-electron chi connectivity index (χ2n) is 5.44. The van der Waals surface area contributed by atoms with Gasteiger partial charge in [-0.1, -0.05) is 30.3 Å². The molecule has 0 unspecified atom stereocenters. The molecule has 1 amide bonds. The van der Waals surface area contributed by atoms with E-state index in [0.717, 1.165) is 5.56 Å². The normalized spacial score (nSPS) is 11.2. The maximum atomic E-state index is 12.1. The molecule has 2 N–H and O–H groups in total. The molecule has 0 heterocycles. The first-order valence-electron chi connectivity index (χ1n) is 8.00. The van der Waals surface area contributed by atoms with E-state index in [9.17, 15) is 14.7 Å². The third-order valence-corrected chi connectivity index (χ3v) is 3.74. The van der Waals surface area contributed by atoms with Gasteiger partial charge in [-0.05, 0) is 23.3 Å². The van der Waals surface area contributed by atoms with Gasteiger partial charge in [0.2, 0.25) is 5.75 Å². The Morgan fingerprint density at radius 1 is 1.00 bits per heavy atom. The Morgan fingerprint density at radius 2 is 1.59 bits per heavy atom. The van der Waals surface area contributed by atoms with Crippen LogP contribution in [0.3, 0.4) is 0 Å². The molecule has 0 aromatic heterocycles. The number of carboxylic acids is 1. The van der Waals surface area contributed by atoms with Gasteiger partial charge in [0, 0.05) is 0 Å². The fourth-order valence-electron chi connectivity index (χ4n) is 2.44. The molecule has 1 atom stereocenters. The Balaban J connectivity index is 2.19. The van der Waals surface area contributed by atoms with Crippen LogP contribution in [0.5, 0.6) is 17.2 Å². The first kappa shape index (κ1) is 19.9. The lowest BCUT2D eigenvalue weighted by Gasteiger charge is -2.19. The zero-order chi connectivity index (χ0) is 19.8. The fraction of sp³-hybridized carbons (Fsp3) is 0.263. The predicted octanol–water partition coefficient (Wildman–Crippen LogP) is 2.76. The van der Waals surface area contributed by atoms with Gasteiger partial charge in [0.25, 0.3) is 0 Å². The number of rotatable bonds is 8. The Morgan fingerprint density at radius 3 is 2.07 bits per heavy atom. The van der Waals surface area contributed by atoms with Crippen LogP contribution in [0.15, 0.2) is 42.5 Å². The van der Waals surface area contributed by atoms with Crippen molar-refractivity contribution in [1.29, 1.82) is 0 Å². The molecule has 0 saturated carbocycles. The van der Waals surface area contributed by atoms with Gasteiger partial charge >= 0.3 is 12.1 Å². The molecule has 2 rings (SSSR count). The maximum Gasteiger partial charge on any atom is 0.408 e. The molecule has 8 heteroatoms. The smallest absolute Gasteiger partial charge is 0.408 e. The van der Waals surface area contributed by atoms with Gasteiger partial charge in [-0.2, -0.15) is 0 Å². The van der Waals surface area contributed by atoms with Crippen molar-refractivity contribution in [3.05, 3.63) is 53.6 Å². The quantitative estimate of drug-likeness (QED) is 0.731. The summed E-state index contributed by atoms with van der Waals surface area (Å²) in [7, 11) is 4.27. The Bertz CT molecular complexity index is 767. The van der Waals surface area contributed by atoms with E-state index in [4.69, 9.17) is 18.9 Å². The number of hydrogen-bond acceptors (Lipinski definition) is 6. The van der Waals surface area contributed by atoms with Crippen molar-refractivity contribution in [3.63, 3.8) is 0 Å². The van der Waals surface area contributed by atoms with Gasteiger partial charge < -0.3 is 29.4 Å². The van der Waals surface area contributed by atoms with Gasteiger partial charge in [0.1, 0.15) is 6.61 Å². The lowest BCUT2D eigenvalue weighted by molar-refractivity contribution is -0.139. The summed E-state index contributed by atoms with van der Waals surface area (Å²) in [5, 5.41) is 11.9. The van der Waals surface area contributed by atoms with Gasteiger partial charge in [-0.15, -0.1) is 0 Å². The summed E-state index contributed by atoms with van der Waals surface area (Å²) in [5.41, 5.74) is 1.03. The lowest BCUT2D eigenvalue weighted by Crippen LogP contribution is -2.34. The molecule has 0 bridgehead atoms. The molecular formula is C19H21NO7. The fourth-order valence-corrected chi connectivity index (χ4v) is 2.44. The van der Waals surface area contributed by atoms with E-state index >= 15 is 0 Å². The summed E-state index contributed by atoms with van der Waals surface area (Å²) in [6.45, 7) is 0.0221. The number of aliphatic carboxylic acids is 1. The minimum atomic E-state index is -1.36. The molecule has 0 aliphatic carbocycles. The summed E-state index contributed by atoms with van der Waals surface area (Å²) in [4.78, 5) is 23.7. The number of ether oxygens (including phenoxy) is 4. The van der Waals surface area contributed by atoms with Crippen molar-refractivity contribution in [2.24, 2.45) is 0 Å². The highest BCUT2D eigenvalue weighted by Crippen LogP contribution is 2.39. The summed E-state index contributed by atoms with van der Waals surface area (Å²) in [6, 6.07) is 10.6. The summed E-state index contributed by atoms with van der Waals surface area (Å²) < 4.78 is 20.7. The molecule has 0 fully saturated rings. The largest absolute Gasteiger partial charge is 0.493 e. The van der Waals surface area contributed by atoms with E-state index in [0.29, 0.717) is 5.75 Å². The molecule has 27 heavy (non-hydrogen) atoms. The standard InChI is InChI=1S/C19H21NO7/c1-24-14-9-13(10-15(25-2)17(14)26-3)16(18(21)22)20-19(23)27-11-12-7-5-4-6-8-12/h4-10,16H,11H2,1-3H3,(H,20,23)(H,21,22)/t16-/m0/s1. The average Bonchev–Trinajstić information content (AvgIpc) is 2.69. The van der Waals surface area contributed by atoms with Crippen LogP contribution in [-0.2, 0) is 16.1 Å². The van der Waals surface area contributed by atoms with Gasteiger partial charge in [-0.3, -0.25) is 0 Å². The minimum Gasteiger partial charge on any atom is -0.493 e. The first-order valence-corrected chi connectivity index (χ1v) is 8.00. The van der Waals surface area contributed by atoms with E-state index in [1.54, 1.807) is 12.1 Å². The molecule has 0 radical (unpaired) electrons. The lowest BCUT2D eigenvalue weighted by atomic mass is 10.1. The number of amides is 1. The molecule has 144 valence electrons. The van der Waals surface area contributed by atoms with Gasteiger partial charge in [-0.25, -0.2) is 9.59 Å². The van der Waals surface area contributed by atoms with E-state index < -0.39 is 18.1 Å². The topological polar surface area (TPSA) is 103 Å². The van der Waals surface area contributed by atoms with Crippen molar-refractivity contribution >= 4 is 12.1 Å². The number of alkyl carbamates (subject to hydrolysis) is 1. The molecular weight excluding hydrogens is 354 g/mol. The van der Waals surface area contributed by atoms with E-state index in [1.165, 1.54) is 33.5 Å². The zero-order valence-corrected chi connectivity index (χ0v) is 15.2. The third kappa shape index (κ3) is 5.04. The molecule has 0 aliphatic heterocycles. The van der Waals surface area contributed by atoms with Crippen LogP contribution in [0.1, 0.15) is 17.2 Å². The number of methoxy groups -OCH3 is 3. The van der Waals surface area contributed by atoms with Crippen molar-refractivity contribution in [3.8, 4) is 17.2 Å². The highest BCUT2D eigenvalue weighted by Gasteiger charge is 2.26. The predicted molar refractivity (Wildman–Crippen MR) is 96.2 cm³/mol. The van der Waals surface area contributed by atoms with E-state index in [-0.39, 0.29) is 23.7 Å². The highest BCUT2D eigenvalue weighted by atomic mass is 16.5. The SMILES string of the molecule is COc1cc([C@H](NC(=O)OCc2ccccc2)C(=O)O)cc(OC)c1OC. The van der Waals surface area contributed by atoms with Crippen LogP contribution < -0.4 is 19.5 Å². The molecule has 2 aromatic rings. The Kier molecular flexibility index (Phi) is 6.87. The summed E-state index contributed by atoms with van der Waals surface area (Å²) >= 11 is 0. The van der Waals surface area contributed by atoms with Crippen LogP contribution in [0, 0.1) is 0 Å². The van der Waals surface area contributed by atoms with E-state index in [2.05, 4.69) is 5.32 Å². The van der Waals surface area contributed by atoms with Crippen molar-refractivity contribution in [2.45, 2.75) is 12.6 Å². The number of benzene rings is 2. The second kappa shape index (κ2) is 9.33. The van der Waals surface area contributed by atoms with Crippen LogP contribution in [0.4, 0.5) is 4.79 Å². The second-order valence-corrected chi connectivity index (χ2v) is 5.44. The number of carbonyl (C=O) groups is 2. The summed E-state index contributed by atoms with van der Waals surface area (Å²) in [5.74, 6) is -0.393. The minimum absolute atomic E-state index is 0.0221. The Hall–Kier alpha value is -3.42. The Labute approximate surface area is 156 Å². The molecule has 0 spiro atoms. The number of hydrogen-bond donors (Lipinski definition) is 2. The van der Waals surface area contributed by atoms with Gasteiger partial charge in [0.15, 0.2) is 17.5 Å². The van der Waals surface area contributed by atoms with Crippen LogP contribution in [-0.4, -0.2) is 38.5 Å². The third-order valence-electron chi connectivity index (χ3n) is 3.74. The number of nitrogens with one attached hydrogen (secondary N) is 1. The van der Waals surface area contributed by atoms with Crippen molar-refractivity contribution in [1.82, 2.24) is 5.32 Å². The molecule has 2 aromatic carbocycles. The van der Waals surface area contributed by atoms with Crippen molar-refractivity contribution < 1.29 is 33.6 Å². The van der Waals surface area contributed by atoms with Gasteiger partial charge in [0.05, 0.1) is 21.3 Å². The average molecular weight is 375 g/mol. The molecule has 8 nitrogen and oxygen atoms in total. The van der Waals surface area contributed by atoms with Crippen molar-refractivity contribution in [2.75, 3.05) is 21.3 Å². The maximum absolute atomic E-state index is 12.1. The molecule has 0 aliphatic rings. The van der Waals surface area contributed by atoms with Crippen LogP contribution >= 0.6 is 0 Å². The van der Waals surface area contributed by atoms with Crippen LogP contribution in [0.25, 0.3) is 0 Å². The highest BCUT2D eigenvalue weighted by molar-refractivity contribution is 5.82. The number of carboxylic acid groups (broad SMARTS) is 1. The molecule has 0 saturated heterocycles.